The number of carbonyl (C=O) groups is 1. The number of carbonyl (C=O) groups excluding carboxylic acids is 1. The molecule has 0 fully saturated rings. The normalized spacial score (nSPS) is 13.1. The van der Waals surface area contributed by atoms with E-state index in [9.17, 15) is 18.0 Å². The minimum absolute atomic E-state index is 0.0560. The molecule has 1 unspecified atom stereocenters. The highest BCUT2D eigenvalue weighted by molar-refractivity contribution is 5.93. The number of rotatable bonds is 9. The van der Waals surface area contributed by atoms with Crippen molar-refractivity contribution in [3.8, 4) is 5.75 Å². The van der Waals surface area contributed by atoms with Crippen molar-refractivity contribution in [1.29, 1.82) is 0 Å². The van der Waals surface area contributed by atoms with Gasteiger partial charge in [-0.05, 0) is 23.8 Å². The number of nitrogens with two attached hydrogens (primary N) is 1. The molecule has 2 rings (SSSR count). The van der Waals surface area contributed by atoms with Crippen LogP contribution in [0.2, 0.25) is 0 Å². The molecule has 9 nitrogen and oxygen atoms in total. The molecule has 0 radical (unpaired) electrons. The predicted octanol–water partition coefficient (Wildman–Crippen LogP) is 2.41. The number of methoxy groups -OCH3 is 1. The number of benzene rings is 1. The van der Waals surface area contributed by atoms with Gasteiger partial charge in [-0.25, -0.2) is 9.97 Å². The smallest absolute Gasteiger partial charge is 0.406 e. The van der Waals surface area contributed by atoms with Crippen molar-refractivity contribution < 1.29 is 27.4 Å². The summed E-state index contributed by atoms with van der Waals surface area (Å²) in [7, 11) is 3.00. The zero-order chi connectivity index (χ0) is 22.9. The Kier molecular flexibility index (Phi) is 8.32. The van der Waals surface area contributed by atoms with Crippen LogP contribution in [0.25, 0.3) is 0 Å². The second kappa shape index (κ2) is 10.9. The van der Waals surface area contributed by atoms with Gasteiger partial charge in [0.25, 0.3) is 5.91 Å². The molecule has 0 saturated carbocycles. The largest absolute Gasteiger partial charge is 0.573 e. The lowest BCUT2D eigenvalue weighted by atomic mass is 10.1. The lowest BCUT2D eigenvalue weighted by Gasteiger charge is -2.19. The maximum atomic E-state index is 12.7. The van der Waals surface area contributed by atoms with E-state index < -0.39 is 18.3 Å². The molecular formula is C19H21F3N6O3. The van der Waals surface area contributed by atoms with Gasteiger partial charge in [-0.15, -0.1) is 13.2 Å². The fourth-order valence-corrected chi connectivity index (χ4v) is 2.45. The summed E-state index contributed by atoms with van der Waals surface area (Å²) < 4.78 is 45.9. The average Bonchev–Trinajstić information content (AvgIpc) is 2.72. The topological polar surface area (TPSA) is 124 Å². The standard InChI is InChI=1S/C19H21F3N6O3/c1-24-10-13(9-23)26-18-25-8-7-15(28-18)17(29)27-16(11-30-2)12-3-5-14(6-4-12)31-19(20,21)22/h3-10,16H,11,23H2,1-2H3,(H,27,29)(H,25,26,28). The first-order chi connectivity index (χ1) is 14.8. The van der Waals surface area contributed by atoms with E-state index in [0.717, 1.165) is 12.1 Å². The highest BCUT2D eigenvalue weighted by Gasteiger charge is 2.31. The van der Waals surface area contributed by atoms with Crippen LogP contribution < -0.4 is 21.1 Å². The van der Waals surface area contributed by atoms with Gasteiger partial charge < -0.3 is 25.8 Å². The van der Waals surface area contributed by atoms with E-state index in [2.05, 4.69) is 30.3 Å². The molecule has 1 atom stereocenters. The summed E-state index contributed by atoms with van der Waals surface area (Å²) in [5, 5.41) is 5.54. The van der Waals surface area contributed by atoms with Crippen molar-refractivity contribution in [2.45, 2.75) is 12.4 Å². The number of allylic oxidation sites excluding steroid dienone is 1. The van der Waals surface area contributed by atoms with Crippen LogP contribution in [0.4, 0.5) is 19.1 Å². The lowest BCUT2D eigenvalue weighted by Crippen LogP contribution is -2.32. The molecule has 2 aromatic rings. The monoisotopic (exact) mass is 438 g/mol. The fraction of sp³-hybridized carbons (Fsp3) is 0.263. The Balaban J connectivity index is 2.14. The molecule has 0 bridgehead atoms. The molecule has 1 heterocycles. The molecule has 31 heavy (non-hydrogen) atoms. The van der Waals surface area contributed by atoms with Gasteiger partial charge in [0.1, 0.15) is 11.4 Å². The quantitative estimate of drug-likeness (QED) is 0.514. The van der Waals surface area contributed by atoms with E-state index in [1.165, 1.54) is 43.9 Å². The molecule has 12 heteroatoms. The van der Waals surface area contributed by atoms with Crippen LogP contribution in [0.15, 0.2) is 53.4 Å². The summed E-state index contributed by atoms with van der Waals surface area (Å²) in [6.07, 6.45) is -0.681. The predicted molar refractivity (Wildman–Crippen MR) is 108 cm³/mol. The number of halogens is 3. The molecule has 1 aromatic heterocycles. The van der Waals surface area contributed by atoms with E-state index >= 15 is 0 Å². The number of alkyl halides is 3. The molecule has 0 saturated heterocycles. The zero-order valence-corrected chi connectivity index (χ0v) is 16.7. The van der Waals surface area contributed by atoms with Gasteiger partial charge >= 0.3 is 6.36 Å². The summed E-state index contributed by atoms with van der Waals surface area (Å²) in [5.41, 5.74) is 6.48. The average molecular weight is 438 g/mol. The highest BCUT2D eigenvalue weighted by atomic mass is 19.4. The van der Waals surface area contributed by atoms with E-state index in [4.69, 9.17) is 10.5 Å². The molecule has 4 N–H and O–H groups in total. The number of aromatic nitrogens is 2. The number of nitrogens with zero attached hydrogens (tertiary/aromatic N) is 3. The second-order valence-corrected chi connectivity index (χ2v) is 6.00. The Morgan fingerprint density at radius 1 is 1.29 bits per heavy atom. The third kappa shape index (κ3) is 7.59. The van der Waals surface area contributed by atoms with Crippen molar-refractivity contribution in [3.05, 3.63) is 59.7 Å². The maximum absolute atomic E-state index is 12.7. The summed E-state index contributed by atoms with van der Waals surface area (Å²) in [6.45, 7) is 0.0778. The Hall–Kier alpha value is -3.67. The van der Waals surface area contributed by atoms with Gasteiger partial charge in [-0.1, -0.05) is 12.1 Å². The Labute approximate surface area is 176 Å². The minimum atomic E-state index is -4.79. The first-order valence-electron chi connectivity index (χ1n) is 8.85. The van der Waals surface area contributed by atoms with Gasteiger partial charge in [-0.2, -0.15) is 0 Å². The first kappa shape index (κ1) is 23.6. The van der Waals surface area contributed by atoms with Gasteiger partial charge in [-0.3, -0.25) is 9.79 Å². The van der Waals surface area contributed by atoms with Crippen LogP contribution in [0, 0.1) is 0 Å². The summed E-state index contributed by atoms with van der Waals surface area (Å²) in [5.74, 6) is -0.781. The van der Waals surface area contributed by atoms with Crippen LogP contribution in [0.3, 0.4) is 0 Å². The number of hydrogen-bond donors (Lipinski definition) is 3. The number of ether oxygens (including phenoxy) is 2. The molecule has 1 amide bonds. The van der Waals surface area contributed by atoms with Crippen molar-refractivity contribution in [2.24, 2.45) is 10.7 Å². The third-order valence-electron chi connectivity index (χ3n) is 3.75. The first-order valence-corrected chi connectivity index (χ1v) is 8.85. The molecule has 0 aliphatic rings. The molecular weight excluding hydrogens is 417 g/mol. The van der Waals surface area contributed by atoms with Gasteiger partial charge in [0, 0.05) is 32.8 Å². The lowest BCUT2D eigenvalue weighted by molar-refractivity contribution is -0.274. The van der Waals surface area contributed by atoms with E-state index in [0.29, 0.717) is 11.3 Å². The van der Waals surface area contributed by atoms with Crippen LogP contribution in [-0.2, 0) is 4.74 Å². The van der Waals surface area contributed by atoms with Gasteiger partial charge in [0.2, 0.25) is 5.95 Å². The SMILES string of the molecule is CN=CC(=CN)Nc1nccc(C(=O)NC(COC)c2ccc(OC(F)(F)F)cc2)n1. The Morgan fingerprint density at radius 3 is 2.58 bits per heavy atom. The maximum Gasteiger partial charge on any atom is 0.573 e. The number of hydrogen-bond acceptors (Lipinski definition) is 8. The van der Waals surface area contributed by atoms with Crippen molar-refractivity contribution in [3.63, 3.8) is 0 Å². The van der Waals surface area contributed by atoms with E-state index in [1.807, 2.05) is 0 Å². The Bertz CT molecular complexity index is 932. The van der Waals surface area contributed by atoms with Crippen molar-refractivity contribution in [1.82, 2.24) is 15.3 Å². The molecule has 0 spiro atoms. The number of nitrogens with one attached hydrogen (secondary N) is 2. The van der Waals surface area contributed by atoms with E-state index in [1.54, 1.807) is 7.05 Å². The van der Waals surface area contributed by atoms with E-state index in [-0.39, 0.29) is 24.0 Å². The van der Waals surface area contributed by atoms with Crippen LogP contribution in [-0.4, -0.2) is 49.2 Å². The van der Waals surface area contributed by atoms with Crippen LogP contribution in [0.5, 0.6) is 5.75 Å². The van der Waals surface area contributed by atoms with Gasteiger partial charge in [0.05, 0.1) is 18.3 Å². The fourth-order valence-electron chi connectivity index (χ4n) is 2.45. The molecule has 1 aromatic carbocycles. The van der Waals surface area contributed by atoms with Crippen LogP contribution >= 0.6 is 0 Å². The zero-order valence-electron chi connectivity index (χ0n) is 16.7. The van der Waals surface area contributed by atoms with Gasteiger partial charge in [0.15, 0.2) is 0 Å². The molecule has 166 valence electrons. The van der Waals surface area contributed by atoms with Crippen molar-refractivity contribution >= 4 is 18.1 Å². The second-order valence-electron chi connectivity index (χ2n) is 6.00. The molecule has 0 aliphatic carbocycles. The molecule has 0 aliphatic heterocycles. The third-order valence-corrected chi connectivity index (χ3v) is 3.75. The summed E-state index contributed by atoms with van der Waals surface area (Å²) in [6, 6.07) is 5.88. The number of anilines is 1. The number of aliphatic imine (C=N–C) groups is 1. The minimum Gasteiger partial charge on any atom is -0.406 e. The Morgan fingerprint density at radius 2 is 2.00 bits per heavy atom. The van der Waals surface area contributed by atoms with Crippen LogP contribution in [0.1, 0.15) is 22.1 Å². The summed E-state index contributed by atoms with van der Waals surface area (Å²) >= 11 is 0. The number of amides is 1. The summed E-state index contributed by atoms with van der Waals surface area (Å²) in [4.78, 5) is 24.6. The highest BCUT2D eigenvalue weighted by Crippen LogP contribution is 2.24. The van der Waals surface area contributed by atoms with Crippen molar-refractivity contribution in [2.75, 3.05) is 26.1 Å².